The van der Waals surface area contributed by atoms with E-state index in [0.29, 0.717) is 17.5 Å². The van der Waals surface area contributed by atoms with E-state index in [1.54, 1.807) is 10.9 Å². The van der Waals surface area contributed by atoms with Gasteiger partial charge in [-0.25, -0.2) is 4.98 Å². The number of amides is 1. The molecule has 0 unspecified atom stereocenters. The molecule has 2 heterocycles. The molecule has 6 heteroatoms. The van der Waals surface area contributed by atoms with Gasteiger partial charge in [-0.2, -0.15) is 5.10 Å². The number of thiazole rings is 1. The second-order valence-corrected chi connectivity index (χ2v) is 7.30. The van der Waals surface area contributed by atoms with E-state index in [1.807, 2.05) is 23.5 Å². The molecule has 0 spiro atoms. The first kappa shape index (κ1) is 16.7. The van der Waals surface area contributed by atoms with Crippen LogP contribution in [-0.2, 0) is 7.05 Å². The lowest BCUT2D eigenvalue weighted by atomic mass is 10.1. The number of hydrogen-bond donors (Lipinski definition) is 0. The van der Waals surface area contributed by atoms with Gasteiger partial charge in [0.15, 0.2) is 0 Å². The summed E-state index contributed by atoms with van der Waals surface area (Å²) in [5.74, 6) is 0.909. The number of carbonyl (C=O) groups is 1. The number of carbonyl (C=O) groups excluding carboxylic acids is 1. The minimum absolute atomic E-state index is 0.0220. The summed E-state index contributed by atoms with van der Waals surface area (Å²) in [7, 11) is 1.87. The average Bonchev–Trinajstić information content (AvgIpc) is 3.04. The van der Waals surface area contributed by atoms with Crippen molar-refractivity contribution >= 4 is 17.2 Å². The summed E-state index contributed by atoms with van der Waals surface area (Å²) < 4.78 is 1.74. The summed E-state index contributed by atoms with van der Waals surface area (Å²) in [5.41, 5.74) is 1.48. The Morgan fingerprint density at radius 2 is 1.91 bits per heavy atom. The van der Waals surface area contributed by atoms with E-state index in [2.05, 4.69) is 37.8 Å². The van der Waals surface area contributed by atoms with E-state index in [4.69, 9.17) is 0 Å². The SMILES string of the molecule is CC(C)CN(CC(C)C)C(=O)c1csc(-c2cnn(C)c2)n1. The fourth-order valence-corrected chi connectivity index (χ4v) is 3.09. The Morgan fingerprint density at radius 3 is 2.41 bits per heavy atom. The molecule has 0 N–H and O–H groups in total. The van der Waals surface area contributed by atoms with Crippen molar-refractivity contribution in [3.05, 3.63) is 23.5 Å². The fourth-order valence-electron chi connectivity index (χ4n) is 2.32. The normalized spacial score (nSPS) is 11.4. The van der Waals surface area contributed by atoms with Gasteiger partial charge in [-0.15, -0.1) is 11.3 Å². The van der Waals surface area contributed by atoms with Crippen molar-refractivity contribution in [1.29, 1.82) is 0 Å². The van der Waals surface area contributed by atoms with Gasteiger partial charge in [-0.1, -0.05) is 27.7 Å². The van der Waals surface area contributed by atoms with E-state index in [-0.39, 0.29) is 5.91 Å². The van der Waals surface area contributed by atoms with Crippen LogP contribution in [0.3, 0.4) is 0 Å². The van der Waals surface area contributed by atoms with Crippen molar-refractivity contribution in [3.63, 3.8) is 0 Å². The molecule has 0 fully saturated rings. The molecule has 0 bridgehead atoms. The molecule has 0 aromatic carbocycles. The number of hydrogen-bond acceptors (Lipinski definition) is 4. The van der Waals surface area contributed by atoms with Crippen LogP contribution in [0.1, 0.15) is 38.2 Å². The maximum atomic E-state index is 12.7. The molecule has 2 rings (SSSR count). The molecule has 0 aliphatic heterocycles. The smallest absolute Gasteiger partial charge is 0.273 e. The number of aromatic nitrogens is 3. The third-order valence-corrected chi connectivity index (χ3v) is 4.02. The maximum Gasteiger partial charge on any atom is 0.273 e. The highest BCUT2D eigenvalue weighted by molar-refractivity contribution is 7.13. The van der Waals surface area contributed by atoms with E-state index < -0.39 is 0 Å². The Hall–Kier alpha value is -1.69. The van der Waals surface area contributed by atoms with Crippen molar-refractivity contribution in [3.8, 4) is 10.6 Å². The van der Waals surface area contributed by atoms with Gasteiger partial charge in [0.1, 0.15) is 10.7 Å². The summed E-state index contributed by atoms with van der Waals surface area (Å²) in [5, 5.41) is 6.83. The molecule has 1 amide bonds. The topological polar surface area (TPSA) is 51.0 Å². The lowest BCUT2D eigenvalue weighted by Gasteiger charge is -2.25. The Balaban J connectivity index is 2.18. The highest BCUT2D eigenvalue weighted by Crippen LogP contribution is 2.24. The predicted molar refractivity (Wildman–Crippen MR) is 89.9 cm³/mol. The zero-order valence-electron chi connectivity index (χ0n) is 13.9. The molecule has 2 aromatic rings. The average molecular weight is 320 g/mol. The fraction of sp³-hybridized carbons (Fsp3) is 0.562. The van der Waals surface area contributed by atoms with Gasteiger partial charge in [0, 0.05) is 37.3 Å². The molecule has 120 valence electrons. The standard InChI is InChI=1S/C16H24N4OS/c1-11(2)7-20(8-12(3)4)16(21)14-10-22-15(18-14)13-6-17-19(5)9-13/h6,9-12H,7-8H2,1-5H3. The molecule has 2 aromatic heterocycles. The third-order valence-electron chi connectivity index (χ3n) is 3.13. The van der Waals surface area contributed by atoms with E-state index >= 15 is 0 Å². The Morgan fingerprint density at radius 1 is 1.27 bits per heavy atom. The van der Waals surface area contributed by atoms with Gasteiger partial charge in [0.05, 0.1) is 6.20 Å². The molecular weight excluding hydrogens is 296 g/mol. The van der Waals surface area contributed by atoms with Crippen LogP contribution in [0.4, 0.5) is 0 Å². The Kier molecular flexibility index (Phi) is 5.34. The Bertz CT molecular complexity index is 620. The number of nitrogens with zero attached hydrogens (tertiary/aromatic N) is 4. The molecule has 0 radical (unpaired) electrons. The van der Waals surface area contributed by atoms with Crippen molar-refractivity contribution < 1.29 is 4.79 Å². The quantitative estimate of drug-likeness (QED) is 0.820. The van der Waals surface area contributed by atoms with Crippen LogP contribution in [0.15, 0.2) is 17.8 Å². The molecule has 22 heavy (non-hydrogen) atoms. The van der Waals surface area contributed by atoms with Crippen LogP contribution in [-0.4, -0.2) is 38.7 Å². The molecule has 0 saturated heterocycles. The second kappa shape index (κ2) is 7.05. The molecule has 0 atom stereocenters. The van der Waals surface area contributed by atoms with Gasteiger partial charge in [-0.05, 0) is 11.8 Å². The molecule has 5 nitrogen and oxygen atoms in total. The summed E-state index contributed by atoms with van der Waals surface area (Å²) in [6, 6.07) is 0. The third kappa shape index (κ3) is 4.16. The summed E-state index contributed by atoms with van der Waals surface area (Å²) in [6.45, 7) is 10.0. The van der Waals surface area contributed by atoms with Crippen molar-refractivity contribution in [2.45, 2.75) is 27.7 Å². The van der Waals surface area contributed by atoms with Crippen LogP contribution in [0.2, 0.25) is 0 Å². The zero-order valence-corrected chi connectivity index (χ0v) is 14.7. The molecule has 0 saturated carbocycles. The van der Waals surface area contributed by atoms with Crippen LogP contribution in [0.5, 0.6) is 0 Å². The van der Waals surface area contributed by atoms with E-state index in [9.17, 15) is 4.79 Å². The Labute approximate surface area is 136 Å². The van der Waals surface area contributed by atoms with Crippen LogP contribution in [0, 0.1) is 11.8 Å². The summed E-state index contributed by atoms with van der Waals surface area (Å²) >= 11 is 1.49. The van der Waals surface area contributed by atoms with E-state index in [0.717, 1.165) is 23.7 Å². The van der Waals surface area contributed by atoms with Gasteiger partial charge in [0.2, 0.25) is 0 Å². The minimum atomic E-state index is 0.0220. The van der Waals surface area contributed by atoms with Crippen molar-refractivity contribution in [1.82, 2.24) is 19.7 Å². The first-order valence-electron chi connectivity index (χ1n) is 7.60. The lowest BCUT2D eigenvalue weighted by Crippen LogP contribution is -2.37. The second-order valence-electron chi connectivity index (χ2n) is 6.44. The maximum absolute atomic E-state index is 12.7. The largest absolute Gasteiger partial charge is 0.337 e. The predicted octanol–water partition coefficient (Wildman–Crippen LogP) is 3.30. The monoisotopic (exact) mass is 320 g/mol. The van der Waals surface area contributed by atoms with Gasteiger partial charge < -0.3 is 4.90 Å². The summed E-state index contributed by atoms with van der Waals surface area (Å²) in [6.07, 6.45) is 3.68. The summed E-state index contributed by atoms with van der Waals surface area (Å²) in [4.78, 5) is 19.1. The molecular formula is C16H24N4OS. The zero-order chi connectivity index (χ0) is 16.3. The lowest BCUT2D eigenvalue weighted by molar-refractivity contribution is 0.0710. The highest BCUT2D eigenvalue weighted by Gasteiger charge is 2.21. The molecule has 0 aliphatic rings. The number of rotatable bonds is 6. The minimum Gasteiger partial charge on any atom is -0.337 e. The first-order chi connectivity index (χ1) is 10.4. The van der Waals surface area contributed by atoms with Crippen molar-refractivity contribution in [2.75, 3.05) is 13.1 Å². The van der Waals surface area contributed by atoms with Crippen LogP contribution >= 0.6 is 11.3 Å². The highest BCUT2D eigenvalue weighted by atomic mass is 32.1. The van der Waals surface area contributed by atoms with Gasteiger partial charge >= 0.3 is 0 Å². The first-order valence-corrected chi connectivity index (χ1v) is 8.48. The van der Waals surface area contributed by atoms with E-state index in [1.165, 1.54) is 11.3 Å². The number of aryl methyl sites for hydroxylation is 1. The van der Waals surface area contributed by atoms with Crippen LogP contribution < -0.4 is 0 Å². The molecule has 0 aliphatic carbocycles. The van der Waals surface area contributed by atoms with Gasteiger partial charge in [0.25, 0.3) is 5.91 Å². The van der Waals surface area contributed by atoms with Crippen LogP contribution in [0.25, 0.3) is 10.6 Å². The van der Waals surface area contributed by atoms with Crippen molar-refractivity contribution in [2.24, 2.45) is 18.9 Å². The van der Waals surface area contributed by atoms with Gasteiger partial charge in [-0.3, -0.25) is 9.48 Å².